The molecule has 2 aliphatic rings. The van der Waals surface area contributed by atoms with E-state index in [1.54, 1.807) is 0 Å². The Labute approximate surface area is 176 Å². The molecule has 2 fully saturated rings. The smallest absolute Gasteiger partial charge is 0.357 e. The summed E-state index contributed by atoms with van der Waals surface area (Å²) in [4.78, 5) is 7.27. The van der Waals surface area contributed by atoms with Crippen LogP contribution in [-0.4, -0.2) is 66.8 Å². The molecular weight excluding hydrogens is 476 g/mol. The van der Waals surface area contributed by atoms with Crippen LogP contribution in [0.3, 0.4) is 0 Å². The number of guanidine groups is 1. The molecule has 1 aliphatic carbocycles. The van der Waals surface area contributed by atoms with Gasteiger partial charge in [-0.05, 0) is 19.8 Å². The largest absolute Gasteiger partial charge is 0.390 e. The topological polar surface area (TPSA) is 39.7 Å². The minimum absolute atomic E-state index is 0. The van der Waals surface area contributed by atoms with Crippen LogP contribution in [0.15, 0.2) is 4.99 Å². The Morgan fingerprint density at radius 1 is 1.12 bits per heavy atom. The first kappa shape index (κ1) is 24.1. The second-order valence-electron chi connectivity index (χ2n) is 6.87. The molecule has 0 aromatic carbocycles. The van der Waals surface area contributed by atoms with Crippen LogP contribution in [-0.2, 0) is 0 Å². The van der Waals surface area contributed by atoms with Crippen LogP contribution in [0, 0.1) is 0 Å². The van der Waals surface area contributed by atoms with Crippen LogP contribution < -0.4 is 10.6 Å². The third kappa shape index (κ3) is 8.00. The zero-order valence-corrected chi connectivity index (χ0v) is 18.7. The molecule has 0 unspecified atom stereocenters. The second kappa shape index (κ2) is 11.8. The number of hydrogen-bond acceptors (Lipinski definition) is 3. The second-order valence-corrected chi connectivity index (χ2v) is 8.10. The summed E-state index contributed by atoms with van der Waals surface area (Å²) in [5.74, 6) is 2.83. The van der Waals surface area contributed by atoms with Gasteiger partial charge in [0.15, 0.2) is 5.96 Å². The molecule has 2 rings (SSSR count). The Morgan fingerprint density at radius 2 is 1.77 bits per heavy atom. The molecule has 0 aromatic heterocycles. The van der Waals surface area contributed by atoms with Crippen molar-refractivity contribution in [3.8, 4) is 0 Å². The molecule has 2 N–H and O–H groups in total. The van der Waals surface area contributed by atoms with Gasteiger partial charge in [-0.15, -0.1) is 24.0 Å². The summed E-state index contributed by atoms with van der Waals surface area (Å²) < 4.78 is 37.1. The quantitative estimate of drug-likeness (QED) is 0.325. The molecule has 0 spiro atoms. The van der Waals surface area contributed by atoms with Crippen molar-refractivity contribution in [1.82, 2.24) is 15.5 Å². The van der Waals surface area contributed by atoms with E-state index in [1.807, 2.05) is 18.7 Å². The number of nitrogens with one attached hydrogen (secondary N) is 2. The predicted molar refractivity (Wildman–Crippen MR) is 115 cm³/mol. The van der Waals surface area contributed by atoms with Crippen LogP contribution in [0.5, 0.6) is 0 Å². The third-order valence-corrected chi connectivity index (χ3v) is 5.99. The van der Waals surface area contributed by atoms with E-state index < -0.39 is 12.6 Å². The van der Waals surface area contributed by atoms with Crippen molar-refractivity contribution in [2.75, 3.05) is 44.2 Å². The molecule has 4 nitrogen and oxygen atoms in total. The number of rotatable bonds is 6. The highest BCUT2D eigenvalue weighted by Gasteiger charge is 2.38. The number of thioether (sulfide) groups is 1. The van der Waals surface area contributed by atoms with E-state index in [1.165, 1.54) is 19.3 Å². The normalized spacial score (nSPS) is 21.8. The molecule has 0 atom stereocenters. The maximum atomic E-state index is 12.4. The van der Waals surface area contributed by atoms with Gasteiger partial charge in [0.1, 0.15) is 0 Å². The van der Waals surface area contributed by atoms with Gasteiger partial charge in [-0.25, -0.2) is 0 Å². The molecule has 0 radical (unpaired) electrons. The average molecular weight is 508 g/mol. The highest BCUT2D eigenvalue weighted by atomic mass is 127. The Morgan fingerprint density at radius 3 is 2.35 bits per heavy atom. The van der Waals surface area contributed by atoms with E-state index in [9.17, 15) is 13.2 Å². The van der Waals surface area contributed by atoms with Crippen molar-refractivity contribution in [2.45, 2.75) is 57.2 Å². The first-order valence-electron chi connectivity index (χ1n) is 9.37. The van der Waals surface area contributed by atoms with E-state index in [0.29, 0.717) is 19.0 Å². The van der Waals surface area contributed by atoms with Crippen LogP contribution in [0.2, 0.25) is 0 Å². The molecule has 0 amide bonds. The fourth-order valence-corrected chi connectivity index (χ4v) is 4.62. The summed E-state index contributed by atoms with van der Waals surface area (Å²) in [5, 5.41) is 5.91. The van der Waals surface area contributed by atoms with Crippen LogP contribution >= 0.6 is 35.7 Å². The lowest BCUT2D eigenvalue weighted by molar-refractivity contribution is -0.132. The standard InChI is InChI=1S/C17H31F3N4S.HI/c1-2-21-15(22-9-8-17(18,19)20)23-14-16(6-4-3-5-7-16)24-10-12-25-13-11-24;/h2-14H2,1H3,(H2,21,22,23);1H. The summed E-state index contributed by atoms with van der Waals surface area (Å²) in [6, 6.07) is 0. The summed E-state index contributed by atoms with van der Waals surface area (Å²) >= 11 is 2.00. The summed E-state index contributed by atoms with van der Waals surface area (Å²) in [6.45, 7) is 5.29. The van der Waals surface area contributed by atoms with Crippen LogP contribution in [0.25, 0.3) is 0 Å². The summed E-state index contributed by atoms with van der Waals surface area (Å²) in [7, 11) is 0. The lowest BCUT2D eigenvalue weighted by atomic mass is 9.80. The fourth-order valence-electron chi connectivity index (χ4n) is 3.71. The predicted octanol–water partition coefficient (Wildman–Crippen LogP) is 3.86. The maximum absolute atomic E-state index is 12.4. The highest BCUT2D eigenvalue weighted by molar-refractivity contribution is 14.0. The zero-order chi connectivity index (χ0) is 18.2. The molecule has 0 aromatic rings. The Bertz CT molecular complexity index is 423. The molecule has 1 heterocycles. The summed E-state index contributed by atoms with van der Waals surface area (Å²) in [6.07, 6.45) is 1.02. The number of halogens is 4. The fraction of sp³-hybridized carbons (Fsp3) is 0.941. The van der Waals surface area contributed by atoms with Gasteiger partial charge in [0, 0.05) is 43.2 Å². The minimum atomic E-state index is -4.14. The lowest BCUT2D eigenvalue weighted by Gasteiger charge is -2.47. The van der Waals surface area contributed by atoms with Crippen molar-refractivity contribution >= 4 is 41.7 Å². The molecule has 1 saturated carbocycles. The Kier molecular flexibility index (Phi) is 11.0. The van der Waals surface area contributed by atoms with Gasteiger partial charge in [0.05, 0.1) is 13.0 Å². The maximum Gasteiger partial charge on any atom is 0.390 e. The number of alkyl halides is 3. The van der Waals surface area contributed by atoms with E-state index in [2.05, 4.69) is 20.5 Å². The Hall–Kier alpha value is 0.1000. The number of hydrogen-bond donors (Lipinski definition) is 2. The van der Waals surface area contributed by atoms with E-state index >= 15 is 0 Å². The lowest BCUT2D eigenvalue weighted by Crippen LogP contribution is -2.55. The first-order chi connectivity index (χ1) is 12.0. The molecular formula is C17H32F3IN4S. The van der Waals surface area contributed by atoms with Gasteiger partial charge in [-0.2, -0.15) is 24.9 Å². The highest BCUT2D eigenvalue weighted by Crippen LogP contribution is 2.35. The van der Waals surface area contributed by atoms with Gasteiger partial charge >= 0.3 is 6.18 Å². The van der Waals surface area contributed by atoms with E-state index in [-0.39, 0.29) is 36.1 Å². The van der Waals surface area contributed by atoms with Gasteiger partial charge in [0.2, 0.25) is 0 Å². The zero-order valence-electron chi connectivity index (χ0n) is 15.5. The van der Waals surface area contributed by atoms with Crippen LogP contribution in [0.4, 0.5) is 13.2 Å². The number of aliphatic imine (C=N–C) groups is 1. The molecule has 1 saturated heterocycles. The molecule has 1 aliphatic heterocycles. The molecule has 154 valence electrons. The average Bonchev–Trinajstić information content (AvgIpc) is 2.60. The monoisotopic (exact) mass is 508 g/mol. The van der Waals surface area contributed by atoms with Crippen LogP contribution in [0.1, 0.15) is 45.4 Å². The van der Waals surface area contributed by atoms with E-state index in [0.717, 1.165) is 37.4 Å². The summed E-state index contributed by atoms with van der Waals surface area (Å²) in [5.41, 5.74) is 0.0889. The minimum Gasteiger partial charge on any atom is -0.357 e. The third-order valence-electron chi connectivity index (χ3n) is 5.04. The molecule has 26 heavy (non-hydrogen) atoms. The van der Waals surface area contributed by atoms with Gasteiger partial charge in [-0.3, -0.25) is 9.89 Å². The van der Waals surface area contributed by atoms with Gasteiger partial charge in [-0.1, -0.05) is 19.3 Å². The van der Waals surface area contributed by atoms with E-state index in [4.69, 9.17) is 0 Å². The van der Waals surface area contributed by atoms with Crippen molar-refractivity contribution in [3.63, 3.8) is 0 Å². The molecule has 0 bridgehead atoms. The SMILES string of the molecule is CCNC(=NCC1(N2CCSCC2)CCCCC1)NCCC(F)(F)F.I. The first-order valence-corrected chi connectivity index (χ1v) is 10.5. The van der Waals surface area contributed by atoms with Gasteiger partial charge < -0.3 is 10.6 Å². The van der Waals surface area contributed by atoms with Gasteiger partial charge in [0.25, 0.3) is 0 Å². The van der Waals surface area contributed by atoms with Crippen molar-refractivity contribution in [3.05, 3.63) is 0 Å². The molecule has 9 heteroatoms. The Balaban J connectivity index is 0.00000338. The van der Waals surface area contributed by atoms with Crippen molar-refractivity contribution in [2.24, 2.45) is 4.99 Å². The van der Waals surface area contributed by atoms with Crippen molar-refractivity contribution < 1.29 is 13.2 Å². The number of nitrogens with zero attached hydrogens (tertiary/aromatic N) is 2. The van der Waals surface area contributed by atoms with Crippen molar-refractivity contribution in [1.29, 1.82) is 0 Å².